The Morgan fingerprint density at radius 2 is 2.55 bits per heavy atom. The summed E-state index contributed by atoms with van der Waals surface area (Å²) in [6.07, 6.45) is 1.87. The Morgan fingerprint density at radius 3 is 2.64 bits per heavy atom. The van der Waals surface area contributed by atoms with Gasteiger partial charge < -0.3 is 9.72 Å². The van der Waals surface area contributed by atoms with Gasteiger partial charge in [-0.05, 0) is 35.0 Å². The molecule has 4 heteroatoms. The Hall–Kier alpha value is -0.770. The lowest BCUT2D eigenvalue weighted by molar-refractivity contribution is -0.128. The van der Waals surface area contributed by atoms with Gasteiger partial charge in [0.15, 0.2) is 0 Å². The minimum Gasteiger partial charge on any atom is -0.468 e. The highest BCUT2D eigenvalue weighted by atomic mass is 79.9. The molecule has 0 unspecified atom stereocenters. The number of nitrogens with one attached hydrogen (secondary N) is 1. The van der Waals surface area contributed by atoms with E-state index in [1.807, 2.05) is 18.3 Å². The first kappa shape index (κ1) is 10.2. The van der Waals surface area contributed by atoms with E-state index >= 15 is 0 Å². The van der Waals surface area contributed by atoms with Crippen LogP contribution in [0, 0.1) is 0 Å². The molecular weight excluding hydrogens is 210 g/mol. The van der Waals surface area contributed by atoms with E-state index in [-0.39, 0.29) is 0 Å². The summed E-state index contributed by atoms with van der Waals surface area (Å²) in [4.78, 5) is 12.1. The van der Waals surface area contributed by atoms with Gasteiger partial charge in [-0.3, -0.25) is 4.79 Å². The summed E-state index contributed by atoms with van der Waals surface area (Å²) in [5.74, 6) is 0. The van der Waals surface area contributed by atoms with Crippen LogP contribution in [0.15, 0.2) is 22.9 Å². The molecule has 1 heterocycles. The molecule has 1 aromatic heterocycles. The second kappa shape index (κ2) is 7.34. The smallest absolute Gasteiger partial charge is 0.293 e. The molecule has 0 aliphatic rings. The molecule has 0 aliphatic heterocycles. The number of carbonyl (C=O) groups is 1. The van der Waals surface area contributed by atoms with E-state index in [1.165, 1.54) is 0 Å². The lowest BCUT2D eigenvalue weighted by Gasteiger charge is -1.79. The SMILES string of the molecule is Brc1ccc[nH]1.CCOC=O. The monoisotopic (exact) mass is 219 g/mol. The molecule has 1 rings (SSSR count). The maximum atomic E-state index is 9.18. The van der Waals surface area contributed by atoms with Gasteiger partial charge in [0.25, 0.3) is 6.47 Å². The van der Waals surface area contributed by atoms with Gasteiger partial charge in [-0.25, -0.2) is 0 Å². The van der Waals surface area contributed by atoms with Crippen LogP contribution in [-0.2, 0) is 9.53 Å². The van der Waals surface area contributed by atoms with Gasteiger partial charge in [0, 0.05) is 6.20 Å². The molecule has 0 aliphatic carbocycles. The van der Waals surface area contributed by atoms with Crippen LogP contribution < -0.4 is 0 Å². The van der Waals surface area contributed by atoms with Crippen LogP contribution >= 0.6 is 15.9 Å². The van der Waals surface area contributed by atoms with Gasteiger partial charge in [0.1, 0.15) is 0 Å². The fourth-order valence-electron chi connectivity index (χ4n) is 0.376. The van der Waals surface area contributed by atoms with Crippen LogP contribution in [0.5, 0.6) is 0 Å². The maximum Gasteiger partial charge on any atom is 0.293 e. The molecule has 11 heavy (non-hydrogen) atoms. The zero-order valence-electron chi connectivity index (χ0n) is 6.21. The van der Waals surface area contributed by atoms with Crippen molar-refractivity contribution in [2.45, 2.75) is 6.92 Å². The minimum absolute atomic E-state index is 0.431. The van der Waals surface area contributed by atoms with E-state index in [9.17, 15) is 4.79 Å². The van der Waals surface area contributed by atoms with Crippen molar-refractivity contribution in [2.24, 2.45) is 0 Å². The van der Waals surface area contributed by atoms with Gasteiger partial charge in [-0.15, -0.1) is 0 Å². The molecule has 0 saturated carbocycles. The standard InChI is InChI=1S/C4H4BrN.C3H6O2/c5-4-2-1-3-6-4;1-2-5-3-4/h1-3,6H;3H,2H2,1H3. The third kappa shape index (κ3) is 7.12. The average Bonchev–Trinajstić information content (AvgIpc) is 2.43. The second-order valence-corrected chi connectivity index (χ2v) is 2.42. The molecular formula is C7H10BrNO2. The van der Waals surface area contributed by atoms with Gasteiger partial charge >= 0.3 is 0 Å². The first-order valence-electron chi connectivity index (χ1n) is 3.15. The number of ether oxygens (including phenoxy) is 1. The molecule has 3 nitrogen and oxygen atoms in total. The molecule has 62 valence electrons. The lowest BCUT2D eigenvalue weighted by Crippen LogP contribution is -1.80. The van der Waals surface area contributed by atoms with E-state index in [0.29, 0.717) is 13.1 Å². The van der Waals surface area contributed by atoms with Crippen molar-refractivity contribution in [3.8, 4) is 0 Å². The highest BCUT2D eigenvalue weighted by molar-refractivity contribution is 9.10. The summed E-state index contributed by atoms with van der Waals surface area (Å²) in [6, 6.07) is 3.88. The number of hydrogen-bond acceptors (Lipinski definition) is 2. The Balaban J connectivity index is 0.000000187. The van der Waals surface area contributed by atoms with Crippen LogP contribution in [-0.4, -0.2) is 18.1 Å². The van der Waals surface area contributed by atoms with Crippen molar-refractivity contribution in [3.05, 3.63) is 22.9 Å². The summed E-state index contributed by atoms with van der Waals surface area (Å²) in [6.45, 7) is 2.66. The number of halogens is 1. The van der Waals surface area contributed by atoms with E-state index in [2.05, 4.69) is 25.7 Å². The summed E-state index contributed by atoms with van der Waals surface area (Å²) >= 11 is 3.23. The number of aromatic amines is 1. The molecule has 1 aromatic rings. The summed E-state index contributed by atoms with van der Waals surface area (Å²) in [5, 5.41) is 0. The Kier molecular flexibility index (Phi) is 6.82. The van der Waals surface area contributed by atoms with E-state index < -0.39 is 0 Å². The maximum absolute atomic E-state index is 9.18. The van der Waals surface area contributed by atoms with Crippen molar-refractivity contribution < 1.29 is 9.53 Å². The fourth-order valence-corrected chi connectivity index (χ4v) is 0.661. The topological polar surface area (TPSA) is 42.1 Å². The highest BCUT2D eigenvalue weighted by Gasteiger charge is 1.75. The summed E-state index contributed by atoms with van der Waals surface area (Å²) in [7, 11) is 0. The molecule has 0 atom stereocenters. The largest absolute Gasteiger partial charge is 0.468 e. The average molecular weight is 220 g/mol. The van der Waals surface area contributed by atoms with E-state index in [4.69, 9.17) is 0 Å². The molecule has 0 fully saturated rings. The third-order valence-electron chi connectivity index (χ3n) is 0.795. The van der Waals surface area contributed by atoms with Gasteiger partial charge in [0.2, 0.25) is 0 Å². The summed E-state index contributed by atoms with van der Waals surface area (Å²) in [5.41, 5.74) is 0. The summed E-state index contributed by atoms with van der Waals surface area (Å²) < 4.78 is 5.18. The molecule has 0 bridgehead atoms. The van der Waals surface area contributed by atoms with E-state index in [0.717, 1.165) is 4.60 Å². The third-order valence-corrected chi connectivity index (χ3v) is 1.29. The van der Waals surface area contributed by atoms with Crippen LogP contribution in [0.3, 0.4) is 0 Å². The van der Waals surface area contributed by atoms with Gasteiger partial charge in [0.05, 0.1) is 11.2 Å². The van der Waals surface area contributed by atoms with Gasteiger partial charge in [-0.2, -0.15) is 0 Å². The second-order valence-electron chi connectivity index (χ2n) is 1.57. The minimum atomic E-state index is 0.431. The Bertz CT molecular complexity index is 175. The number of rotatable bonds is 2. The molecule has 0 amide bonds. The predicted molar refractivity (Wildman–Crippen MR) is 46.2 cm³/mol. The van der Waals surface area contributed by atoms with Crippen molar-refractivity contribution >= 4 is 22.4 Å². The normalized spacial score (nSPS) is 7.82. The number of H-pyrrole nitrogens is 1. The molecule has 1 N–H and O–H groups in total. The number of aromatic nitrogens is 1. The zero-order valence-corrected chi connectivity index (χ0v) is 7.80. The van der Waals surface area contributed by atoms with Crippen LogP contribution in [0.4, 0.5) is 0 Å². The van der Waals surface area contributed by atoms with Crippen molar-refractivity contribution in [1.29, 1.82) is 0 Å². The first-order chi connectivity index (χ1) is 5.31. The van der Waals surface area contributed by atoms with Gasteiger partial charge in [-0.1, -0.05) is 0 Å². The van der Waals surface area contributed by atoms with Crippen molar-refractivity contribution in [3.63, 3.8) is 0 Å². The van der Waals surface area contributed by atoms with Crippen LogP contribution in [0.1, 0.15) is 6.92 Å². The predicted octanol–water partition coefficient (Wildman–Crippen LogP) is 1.96. The van der Waals surface area contributed by atoms with Crippen LogP contribution in [0.25, 0.3) is 0 Å². The number of hydrogen-bond donors (Lipinski definition) is 1. The molecule has 0 radical (unpaired) electrons. The van der Waals surface area contributed by atoms with Crippen molar-refractivity contribution in [2.75, 3.05) is 6.61 Å². The Morgan fingerprint density at radius 1 is 1.82 bits per heavy atom. The van der Waals surface area contributed by atoms with E-state index in [1.54, 1.807) is 6.92 Å². The molecule has 0 aromatic carbocycles. The zero-order chi connectivity index (χ0) is 8.53. The first-order valence-corrected chi connectivity index (χ1v) is 3.94. The van der Waals surface area contributed by atoms with Crippen LogP contribution in [0.2, 0.25) is 0 Å². The lowest BCUT2D eigenvalue weighted by atomic mass is 10.7. The number of carbonyl (C=O) groups excluding carboxylic acids is 1. The molecule has 0 saturated heterocycles. The van der Waals surface area contributed by atoms with Crippen molar-refractivity contribution in [1.82, 2.24) is 4.98 Å². The Labute approximate surface area is 73.9 Å². The fraction of sp³-hybridized carbons (Fsp3) is 0.286. The highest BCUT2D eigenvalue weighted by Crippen LogP contribution is 2.01. The molecule has 0 spiro atoms. The quantitative estimate of drug-likeness (QED) is 0.774.